The highest BCUT2D eigenvalue weighted by Gasteiger charge is 2.41. The molecule has 1 aliphatic rings. The number of carboxylic acids is 1. The second-order valence-corrected chi connectivity index (χ2v) is 6.10. The Kier molecular flexibility index (Phi) is 5.16. The first kappa shape index (κ1) is 16.5. The van der Waals surface area contributed by atoms with Gasteiger partial charge >= 0.3 is 5.97 Å². The Morgan fingerprint density at radius 3 is 2.59 bits per heavy atom. The average molecular weight is 307 g/mol. The summed E-state index contributed by atoms with van der Waals surface area (Å²) in [7, 11) is 0. The zero-order chi connectivity index (χ0) is 16.2. The van der Waals surface area contributed by atoms with Gasteiger partial charge in [-0.3, -0.25) is 9.59 Å². The number of carboxylic acid groups (broad SMARTS) is 1. The molecule has 2 N–H and O–H groups in total. The molecule has 1 aliphatic carbocycles. The van der Waals surface area contributed by atoms with Gasteiger partial charge in [-0.1, -0.05) is 38.3 Å². The number of halogens is 1. The Bertz CT molecular complexity index is 553. The number of carbonyl (C=O) groups is 2. The molecule has 1 aromatic rings. The summed E-state index contributed by atoms with van der Waals surface area (Å²) in [6.45, 7) is 1.64. The van der Waals surface area contributed by atoms with E-state index >= 15 is 0 Å². The molecule has 1 aromatic carbocycles. The number of hydrogen-bond acceptors (Lipinski definition) is 2. The lowest BCUT2D eigenvalue weighted by Gasteiger charge is -2.36. The van der Waals surface area contributed by atoms with Crippen LogP contribution in [-0.4, -0.2) is 23.5 Å². The molecule has 1 unspecified atom stereocenters. The monoisotopic (exact) mass is 307 g/mol. The van der Waals surface area contributed by atoms with Crippen molar-refractivity contribution in [3.8, 4) is 0 Å². The normalized spacial score (nSPS) is 18.5. The molecule has 5 heteroatoms. The maximum atomic E-state index is 13.6. The largest absolute Gasteiger partial charge is 0.481 e. The first-order valence-corrected chi connectivity index (χ1v) is 7.73. The van der Waals surface area contributed by atoms with Gasteiger partial charge in [-0.2, -0.15) is 0 Å². The van der Waals surface area contributed by atoms with Crippen LogP contribution in [0.2, 0.25) is 0 Å². The van der Waals surface area contributed by atoms with Gasteiger partial charge in [0.25, 0.3) is 0 Å². The van der Waals surface area contributed by atoms with Crippen LogP contribution in [0.1, 0.15) is 44.6 Å². The van der Waals surface area contributed by atoms with Crippen LogP contribution in [-0.2, 0) is 15.0 Å². The molecule has 1 amide bonds. The maximum Gasteiger partial charge on any atom is 0.308 e. The van der Waals surface area contributed by atoms with Crippen molar-refractivity contribution in [2.75, 3.05) is 6.54 Å². The number of rotatable bonds is 5. The summed E-state index contributed by atoms with van der Waals surface area (Å²) >= 11 is 0. The lowest BCUT2D eigenvalue weighted by atomic mass is 9.68. The smallest absolute Gasteiger partial charge is 0.308 e. The number of hydrogen-bond donors (Lipinski definition) is 2. The van der Waals surface area contributed by atoms with Gasteiger partial charge in [0.1, 0.15) is 5.82 Å². The van der Waals surface area contributed by atoms with Gasteiger partial charge in [-0.05, 0) is 30.5 Å². The van der Waals surface area contributed by atoms with Gasteiger partial charge in [0.2, 0.25) is 5.91 Å². The van der Waals surface area contributed by atoms with Gasteiger partial charge in [0.05, 0.1) is 11.3 Å². The average Bonchev–Trinajstić information content (AvgIpc) is 2.52. The van der Waals surface area contributed by atoms with Crippen molar-refractivity contribution in [2.24, 2.45) is 5.92 Å². The highest BCUT2D eigenvalue weighted by Crippen LogP contribution is 2.40. The molecule has 4 nitrogen and oxygen atoms in total. The van der Waals surface area contributed by atoms with Gasteiger partial charge in [-0.15, -0.1) is 0 Å². The number of amides is 1. The predicted octanol–water partition coefficient (Wildman–Crippen LogP) is 2.86. The summed E-state index contributed by atoms with van der Waals surface area (Å²) in [6, 6.07) is 6.19. The van der Waals surface area contributed by atoms with Gasteiger partial charge in [0, 0.05) is 6.54 Å². The standard InChI is InChI=1S/C17H22FNO3/c1-12(15(20)21)11-19-16(22)17(8-3-2-4-9-17)13-6-5-7-14(18)10-13/h5-7,10,12H,2-4,8-9,11H2,1H3,(H,19,22)(H,20,21). The van der Waals surface area contributed by atoms with Crippen LogP contribution in [0.15, 0.2) is 24.3 Å². The molecular formula is C17H22FNO3. The minimum absolute atomic E-state index is 0.0885. The van der Waals surface area contributed by atoms with Crippen molar-refractivity contribution in [1.82, 2.24) is 5.32 Å². The lowest BCUT2D eigenvalue weighted by molar-refractivity contribution is -0.141. The van der Waals surface area contributed by atoms with Crippen LogP contribution in [0.5, 0.6) is 0 Å². The fourth-order valence-corrected chi connectivity index (χ4v) is 3.09. The quantitative estimate of drug-likeness (QED) is 0.879. The molecule has 2 rings (SSSR count). The Balaban J connectivity index is 2.22. The fourth-order valence-electron chi connectivity index (χ4n) is 3.09. The van der Waals surface area contributed by atoms with Gasteiger partial charge < -0.3 is 10.4 Å². The molecule has 1 fully saturated rings. The molecule has 0 saturated heterocycles. The molecule has 0 spiro atoms. The van der Waals surface area contributed by atoms with Crippen molar-refractivity contribution in [3.63, 3.8) is 0 Å². The SMILES string of the molecule is CC(CNC(=O)C1(c2cccc(F)c2)CCCCC1)C(=O)O. The van der Waals surface area contributed by atoms with E-state index in [-0.39, 0.29) is 18.3 Å². The summed E-state index contributed by atoms with van der Waals surface area (Å²) in [5, 5.41) is 11.7. The summed E-state index contributed by atoms with van der Waals surface area (Å²) < 4.78 is 13.6. The van der Waals surface area contributed by atoms with Crippen molar-refractivity contribution in [3.05, 3.63) is 35.6 Å². The number of benzene rings is 1. The van der Waals surface area contributed by atoms with E-state index in [9.17, 15) is 14.0 Å². The van der Waals surface area contributed by atoms with E-state index in [4.69, 9.17) is 5.11 Å². The van der Waals surface area contributed by atoms with Crippen molar-refractivity contribution >= 4 is 11.9 Å². The first-order chi connectivity index (χ1) is 10.5. The molecule has 0 aromatic heterocycles. The number of aliphatic carboxylic acids is 1. The summed E-state index contributed by atoms with van der Waals surface area (Å²) in [4.78, 5) is 23.6. The van der Waals surface area contributed by atoms with Crippen molar-refractivity contribution in [1.29, 1.82) is 0 Å². The van der Waals surface area contributed by atoms with E-state index in [0.717, 1.165) is 19.3 Å². The predicted molar refractivity (Wildman–Crippen MR) is 81.0 cm³/mol. The highest BCUT2D eigenvalue weighted by atomic mass is 19.1. The van der Waals surface area contributed by atoms with Gasteiger partial charge in [0.15, 0.2) is 0 Å². The molecule has 1 atom stereocenters. The summed E-state index contributed by atoms with van der Waals surface area (Å²) in [5.41, 5.74) is -0.0499. The molecule has 0 aliphatic heterocycles. The second kappa shape index (κ2) is 6.90. The topological polar surface area (TPSA) is 66.4 Å². The number of nitrogens with one attached hydrogen (secondary N) is 1. The summed E-state index contributed by atoms with van der Waals surface area (Å²) in [5.74, 6) is -2.12. The van der Waals surface area contributed by atoms with Crippen LogP contribution in [0.25, 0.3) is 0 Å². The molecule has 22 heavy (non-hydrogen) atoms. The third kappa shape index (κ3) is 3.46. The van der Waals surface area contributed by atoms with Crippen molar-refractivity contribution in [2.45, 2.75) is 44.4 Å². The van der Waals surface area contributed by atoms with Crippen LogP contribution in [0, 0.1) is 11.7 Å². The first-order valence-electron chi connectivity index (χ1n) is 7.73. The Hall–Kier alpha value is -1.91. The number of carbonyl (C=O) groups excluding carboxylic acids is 1. The van der Waals surface area contributed by atoms with E-state index in [2.05, 4.69) is 5.32 Å². The third-order valence-corrected chi connectivity index (χ3v) is 4.51. The van der Waals surface area contributed by atoms with E-state index in [1.165, 1.54) is 12.1 Å². The van der Waals surface area contributed by atoms with Crippen LogP contribution in [0.3, 0.4) is 0 Å². The minimum Gasteiger partial charge on any atom is -0.481 e. The molecule has 1 saturated carbocycles. The zero-order valence-corrected chi connectivity index (χ0v) is 12.8. The maximum absolute atomic E-state index is 13.6. The fraction of sp³-hybridized carbons (Fsp3) is 0.529. The molecule has 120 valence electrons. The minimum atomic E-state index is -0.941. The molecule has 0 radical (unpaired) electrons. The Morgan fingerprint density at radius 2 is 2.00 bits per heavy atom. The van der Waals surface area contributed by atoms with Gasteiger partial charge in [-0.25, -0.2) is 4.39 Å². The second-order valence-electron chi connectivity index (χ2n) is 6.10. The lowest BCUT2D eigenvalue weighted by Crippen LogP contribution is -2.47. The van der Waals surface area contributed by atoms with E-state index < -0.39 is 17.3 Å². The molecular weight excluding hydrogens is 285 g/mol. The van der Waals surface area contributed by atoms with Crippen LogP contribution in [0.4, 0.5) is 4.39 Å². The van der Waals surface area contributed by atoms with Crippen LogP contribution < -0.4 is 5.32 Å². The molecule has 0 bridgehead atoms. The zero-order valence-electron chi connectivity index (χ0n) is 12.8. The Labute approximate surface area is 129 Å². The van der Waals surface area contributed by atoms with E-state index in [1.54, 1.807) is 19.1 Å². The Morgan fingerprint density at radius 1 is 1.32 bits per heavy atom. The van der Waals surface area contributed by atoms with Crippen molar-refractivity contribution < 1.29 is 19.1 Å². The summed E-state index contributed by atoms with van der Waals surface area (Å²) in [6.07, 6.45) is 4.24. The highest BCUT2D eigenvalue weighted by molar-refractivity contribution is 5.88. The van der Waals surface area contributed by atoms with E-state index in [1.807, 2.05) is 0 Å². The van der Waals surface area contributed by atoms with E-state index in [0.29, 0.717) is 18.4 Å². The van der Waals surface area contributed by atoms with Crippen LogP contribution >= 0.6 is 0 Å². The third-order valence-electron chi connectivity index (χ3n) is 4.51. The molecule has 0 heterocycles.